The van der Waals surface area contributed by atoms with Gasteiger partial charge in [-0.25, -0.2) is 4.98 Å². The van der Waals surface area contributed by atoms with Crippen molar-refractivity contribution in [3.63, 3.8) is 0 Å². The van der Waals surface area contributed by atoms with Crippen LogP contribution in [0.25, 0.3) is 0 Å². The van der Waals surface area contributed by atoms with E-state index in [1.807, 2.05) is 23.7 Å². The van der Waals surface area contributed by atoms with Crippen molar-refractivity contribution in [1.29, 1.82) is 0 Å². The molecule has 1 heterocycles. The van der Waals surface area contributed by atoms with E-state index in [4.69, 9.17) is 4.74 Å². The molecule has 0 aliphatic carbocycles. The van der Waals surface area contributed by atoms with Crippen molar-refractivity contribution >= 4 is 11.3 Å². The first-order valence-electron chi connectivity index (χ1n) is 4.38. The van der Waals surface area contributed by atoms with Gasteiger partial charge in [0, 0.05) is 11.8 Å². The van der Waals surface area contributed by atoms with Gasteiger partial charge in [0.15, 0.2) is 0 Å². The Morgan fingerprint density at radius 1 is 1.43 bits per heavy atom. The van der Waals surface area contributed by atoms with E-state index < -0.39 is 0 Å². The second kappa shape index (κ2) is 4.24. The summed E-state index contributed by atoms with van der Waals surface area (Å²) in [5, 5.41) is 2.07. The summed E-state index contributed by atoms with van der Waals surface area (Å²) in [6.45, 7) is 0. The third-order valence-electron chi connectivity index (χ3n) is 2.00. The maximum atomic E-state index is 5.16. The largest absolute Gasteiger partial charge is 0.497 e. The van der Waals surface area contributed by atoms with Crippen molar-refractivity contribution in [2.24, 2.45) is 0 Å². The predicted octanol–water partition coefficient (Wildman–Crippen LogP) is 2.74. The summed E-state index contributed by atoms with van der Waals surface area (Å²) in [7, 11) is 1.68. The summed E-state index contributed by atoms with van der Waals surface area (Å²) in [5.74, 6) is 0.901. The van der Waals surface area contributed by atoms with Crippen LogP contribution in [0.3, 0.4) is 0 Å². The summed E-state index contributed by atoms with van der Waals surface area (Å²) in [5.41, 5.74) is 4.20. The maximum absolute atomic E-state index is 5.16. The third-order valence-corrected chi connectivity index (χ3v) is 2.64. The first-order chi connectivity index (χ1) is 6.88. The average molecular weight is 205 g/mol. The second-order valence-electron chi connectivity index (χ2n) is 3.01. The molecule has 1 aromatic carbocycles. The first kappa shape index (κ1) is 9.21. The van der Waals surface area contributed by atoms with E-state index in [-0.39, 0.29) is 0 Å². The lowest BCUT2D eigenvalue weighted by Crippen LogP contribution is -1.89. The Bertz CT molecular complexity index is 397. The number of hydrogen-bond acceptors (Lipinski definition) is 3. The van der Waals surface area contributed by atoms with Gasteiger partial charge in [0.05, 0.1) is 18.3 Å². The molecule has 0 N–H and O–H groups in total. The van der Waals surface area contributed by atoms with E-state index in [1.54, 1.807) is 18.4 Å². The van der Waals surface area contributed by atoms with E-state index in [9.17, 15) is 0 Å². The lowest BCUT2D eigenvalue weighted by molar-refractivity contribution is 0.414. The molecule has 0 aliphatic heterocycles. The van der Waals surface area contributed by atoms with Gasteiger partial charge in [0.1, 0.15) is 5.75 Å². The number of nitrogens with zero attached hydrogens (tertiary/aromatic N) is 1. The Morgan fingerprint density at radius 3 is 3.07 bits per heavy atom. The van der Waals surface area contributed by atoms with Crippen molar-refractivity contribution in [1.82, 2.24) is 4.98 Å². The number of rotatable bonds is 3. The van der Waals surface area contributed by atoms with Crippen LogP contribution in [0.2, 0.25) is 0 Å². The SMILES string of the molecule is COc1cccc(Cc2cscn2)c1. The molecule has 0 aliphatic rings. The monoisotopic (exact) mass is 205 g/mol. The molecule has 0 bridgehead atoms. The maximum Gasteiger partial charge on any atom is 0.119 e. The van der Waals surface area contributed by atoms with E-state index in [1.165, 1.54) is 5.56 Å². The lowest BCUT2D eigenvalue weighted by Gasteiger charge is -2.02. The zero-order valence-electron chi connectivity index (χ0n) is 7.93. The van der Waals surface area contributed by atoms with Gasteiger partial charge in [-0.2, -0.15) is 0 Å². The summed E-state index contributed by atoms with van der Waals surface area (Å²) in [6.07, 6.45) is 0.876. The van der Waals surface area contributed by atoms with Gasteiger partial charge in [-0.15, -0.1) is 11.3 Å². The van der Waals surface area contributed by atoms with Gasteiger partial charge < -0.3 is 4.74 Å². The highest BCUT2D eigenvalue weighted by atomic mass is 32.1. The van der Waals surface area contributed by atoms with Crippen molar-refractivity contribution in [3.05, 3.63) is 46.4 Å². The third kappa shape index (κ3) is 2.12. The number of hydrogen-bond donors (Lipinski definition) is 0. The number of aromatic nitrogens is 1. The van der Waals surface area contributed by atoms with Gasteiger partial charge in [-0.05, 0) is 17.7 Å². The number of methoxy groups -OCH3 is 1. The van der Waals surface area contributed by atoms with Gasteiger partial charge in [-0.1, -0.05) is 12.1 Å². The molecule has 0 spiro atoms. The van der Waals surface area contributed by atoms with Crippen LogP contribution in [-0.2, 0) is 6.42 Å². The van der Waals surface area contributed by atoms with Gasteiger partial charge >= 0.3 is 0 Å². The topological polar surface area (TPSA) is 22.1 Å². The Hall–Kier alpha value is -1.35. The van der Waals surface area contributed by atoms with Crippen molar-refractivity contribution < 1.29 is 4.74 Å². The minimum absolute atomic E-state index is 0.876. The molecule has 0 unspecified atom stereocenters. The highest BCUT2D eigenvalue weighted by Crippen LogP contribution is 2.15. The quantitative estimate of drug-likeness (QED) is 0.768. The molecule has 2 aromatic rings. The molecule has 14 heavy (non-hydrogen) atoms. The van der Waals surface area contributed by atoms with E-state index in [2.05, 4.69) is 16.4 Å². The van der Waals surface area contributed by atoms with Gasteiger partial charge in [0.2, 0.25) is 0 Å². The Kier molecular flexibility index (Phi) is 2.79. The summed E-state index contributed by atoms with van der Waals surface area (Å²) >= 11 is 1.63. The first-order valence-corrected chi connectivity index (χ1v) is 5.33. The molecular formula is C11H11NOS. The zero-order valence-corrected chi connectivity index (χ0v) is 8.75. The normalized spacial score (nSPS) is 10.1. The highest BCUT2D eigenvalue weighted by molar-refractivity contribution is 7.07. The van der Waals surface area contributed by atoms with E-state index in [0.717, 1.165) is 17.9 Å². The van der Waals surface area contributed by atoms with Gasteiger partial charge in [-0.3, -0.25) is 0 Å². The van der Waals surface area contributed by atoms with Crippen molar-refractivity contribution in [3.8, 4) is 5.75 Å². The van der Waals surface area contributed by atoms with Crippen molar-refractivity contribution in [2.75, 3.05) is 7.11 Å². The Balaban J connectivity index is 2.17. The molecule has 1 aromatic heterocycles. The fourth-order valence-electron chi connectivity index (χ4n) is 1.32. The fourth-order valence-corrected chi connectivity index (χ4v) is 1.87. The second-order valence-corrected chi connectivity index (χ2v) is 3.73. The van der Waals surface area contributed by atoms with Crippen LogP contribution in [0, 0.1) is 0 Å². The minimum Gasteiger partial charge on any atom is -0.497 e. The lowest BCUT2D eigenvalue weighted by atomic mass is 10.1. The number of benzene rings is 1. The predicted molar refractivity (Wildman–Crippen MR) is 57.9 cm³/mol. The Morgan fingerprint density at radius 2 is 2.36 bits per heavy atom. The standard InChI is InChI=1S/C11H11NOS/c1-13-11-4-2-3-9(6-11)5-10-7-14-8-12-10/h2-4,6-8H,5H2,1H3. The number of ether oxygens (including phenoxy) is 1. The molecular weight excluding hydrogens is 194 g/mol. The summed E-state index contributed by atoms with van der Waals surface area (Å²) in [4.78, 5) is 4.24. The fraction of sp³-hybridized carbons (Fsp3) is 0.182. The molecule has 2 nitrogen and oxygen atoms in total. The van der Waals surface area contributed by atoms with Crippen LogP contribution in [0.5, 0.6) is 5.75 Å². The molecule has 3 heteroatoms. The van der Waals surface area contributed by atoms with Crippen LogP contribution < -0.4 is 4.74 Å². The van der Waals surface area contributed by atoms with Gasteiger partial charge in [0.25, 0.3) is 0 Å². The molecule has 0 atom stereocenters. The molecule has 0 saturated carbocycles. The summed E-state index contributed by atoms with van der Waals surface area (Å²) in [6, 6.07) is 8.08. The molecule has 2 rings (SSSR count). The van der Waals surface area contributed by atoms with Crippen LogP contribution in [0.4, 0.5) is 0 Å². The minimum atomic E-state index is 0.876. The highest BCUT2D eigenvalue weighted by Gasteiger charge is 1.99. The van der Waals surface area contributed by atoms with Crippen molar-refractivity contribution in [2.45, 2.75) is 6.42 Å². The number of thiazole rings is 1. The molecule has 0 fully saturated rings. The Labute approximate surface area is 87.2 Å². The van der Waals surface area contributed by atoms with E-state index in [0.29, 0.717) is 0 Å². The van der Waals surface area contributed by atoms with Crippen LogP contribution in [0.15, 0.2) is 35.2 Å². The molecule has 72 valence electrons. The van der Waals surface area contributed by atoms with Crippen LogP contribution >= 0.6 is 11.3 Å². The zero-order chi connectivity index (χ0) is 9.80. The molecule has 0 saturated heterocycles. The van der Waals surface area contributed by atoms with Crippen LogP contribution in [0.1, 0.15) is 11.3 Å². The molecule has 0 radical (unpaired) electrons. The summed E-state index contributed by atoms with van der Waals surface area (Å²) < 4.78 is 5.16. The van der Waals surface area contributed by atoms with Crippen LogP contribution in [-0.4, -0.2) is 12.1 Å². The molecule has 0 amide bonds. The smallest absolute Gasteiger partial charge is 0.119 e. The van der Waals surface area contributed by atoms with E-state index >= 15 is 0 Å². The average Bonchev–Trinajstić information content (AvgIpc) is 2.71.